The molecule has 0 aliphatic carbocycles. The van der Waals surface area contributed by atoms with E-state index in [9.17, 15) is 19.2 Å². The third kappa shape index (κ3) is 8.22. The van der Waals surface area contributed by atoms with Crippen molar-refractivity contribution < 1.29 is 19.1 Å². The molecule has 0 saturated carbocycles. The van der Waals surface area contributed by atoms with Gasteiger partial charge in [0, 0.05) is 108 Å². The zero-order valence-corrected chi connectivity index (χ0v) is 41.4. The van der Waals surface area contributed by atoms with Gasteiger partial charge in [0.05, 0.1) is 47.5 Å². The molecule has 8 heterocycles. The number of benzene rings is 3. The number of aryl methyl sites for hydroxylation is 2. The molecule has 0 spiro atoms. The number of pyridine rings is 2. The van der Waals surface area contributed by atoms with Crippen LogP contribution in [0.25, 0.3) is 38.8 Å². The van der Waals surface area contributed by atoms with Crippen molar-refractivity contribution in [1.82, 2.24) is 44.3 Å². The van der Waals surface area contributed by atoms with Crippen molar-refractivity contribution in [3.63, 3.8) is 0 Å². The first-order chi connectivity index (χ1) is 35.0. The first-order valence-corrected chi connectivity index (χ1v) is 25.0. The summed E-state index contributed by atoms with van der Waals surface area (Å²) in [6.07, 6.45) is 7.65. The van der Waals surface area contributed by atoms with E-state index >= 15 is 0 Å². The van der Waals surface area contributed by atoms with Crippen LogP contribution in [0.5, 0.6) is 6.01 Å². The van der Waals surface area contributed by atoms with Crippen LogP contribution in [0, 0.1) is 5.92 Å². The third-order valence-electron chi connectivity index (χ3n) is 15.2. The maximum absolute atomic E-state index is 14.0. The smallest absolute Gasteiger partial charge is 0.353 e. The van der Waals surface area contributed by atoms with Crippen molar-refractivity contribution in [3.05, 3.63) is 119 Å². The molecular weight excluding hydrogens is 911 g/mol. The number of para-hydroxylation sites is 1. The van der Waals surface area contributed by atoms with Crippen molar-refractivity contribution in [3.8, 4) is 34.0 Å². The number of nitrogens with one attached hydrogen (secondary N) is 1. The van der Waals surface area contributed by atoms with E-state index in [1.165, 1.54) is 16.4 Å². The maximum atomic E-state index is 14.0. The van der Waals surface area contributed by atoms with Crippen LogP contribution in [0.1, 0.15) is 50.3 Å². The molecule has 11 rings (SSSR count). The van der Waals surface area contributed by atoms with Crippen LogP contribution in [0.3, 0.4) is 0 Å². The summed E-state index contributed by atoms with van der Waals surface area (Å²) in [5.74, 6) is 0.137. The number of anilines is 4. The van der Waals surface area contributed by atoms with Crippen LogP contribution in [-0.4, -0.2) is 122 Å². The Bertz CT molecular complexity index is 3270. The van der Waals surface area contributed by atoms with Gasteiger partial charge in [0.1, 0.15) is 5.82 Å². The fourth-order valence-corrected chi connectivity index (χ4v) is 11.6. The molecule has 4 fully saturated rings. The fourth-order valence-electron chi connectivity index (χ4n) is 11.6. The van der Waals surface area contributed by atoms with E-state index in [2.05, 4.69) is 80.3 Å². The Morgan fingerprint density at radius 3 is 2.26 bits per heavy atom. The number of hydrogen-bond acceptors (Lipinski definition) is 12. The van der Waals surface area contributed by atoms with Gasteiger partial charge in [-0.2, -0.15) is 5.10 Å². The van der Waals surface area contributed by atoms with Gasteiger partial charge in [-0.3, -0.25) is 39.3 Å². The standard InChI is InChI=1S/C54H59N13O5/c1-6-39-41(20-23-56-50(39)66-30-29-65(54(66)71)38-9-8-22-55-32-38)40-17-16-37(67-52(72-5)59-61(4)53(67)70)31-44(40)35-12-14-36(15-13-35)64-24-21-45(34(2)33-64)62-25-27-63(28-26-62)46-11-7-10-42-48(58-60(3)49(42)46)43-18-19-47(68)57-51(43)69/h7-17,20,22-23,31-32,34,43,45H,6,18-19,21,24-30,33H2,1-5H3,(H,57,68,69)/t34-,43?,45+/m1/s1. The minimum atomic E-state index is -0.438. The number of piperazine rings is 1. The van der Waals surface area contributed by atoms with E-state index in [1.807, 2.05) is 54.2 Å². The average molecular weight is 970 g/mol. The lowest BCUT2D eigenvalue weighted by Crippen LogP contribution is -2.56. The second-order valence-electron chi connectivity index (χ2n) is 19.3. The molecule has 1 unspecified atom stereocenters. The van der Waals surface area contributed by atoms with Crippen LogP contribution in [0.4, 0.5) is 27.7 Å². The van der Waals surface area contributed by atoms with E-state index in [1.54, 1.807) is 35.4 Å². The highest BCUT2D eigenvalue weighted by Crippen LogP contribution is 2.41. The molecule has 370 valence electrons. The summed E-state index contributed by atoms with van der Waals surface area (Å²) >= 11 is 0. The number of carbonyl (C=O) groups is 3. The summed E-state index contributed by atoms with van der Waals surface area (Å²) in [6, 6.07) is 27.2. The number of carbonyl (C=O) groups excluding carboxylic acids is 3. The van der Waals surface area contributed by atoms with Gasteiger partial charge in [-0.1, -0.05) is 44.2 Å². The Kier molecular flexibility index (Phi) is 12.3. The summed E-state index contributed by atoms with van der Waals surface area (Å²) in [6.45, 7) is 11.0. The second-order valence-corrected chi connectivity index (χ2v) is 19.3. The zero-order valence-electron chi connectivity index (χ0n) is 41.4. The summed E-state index contributed by atoms with van der Waals surface area (Å²) in [5, 5.41) is 12.6. The normalized spacial score (nSPS) is 20.0. The summed E-state index contributed by atoms with van der Waals surface area (Å²) < 4.78 is 10.2. The van der Waals surface area contributed by atoms with Crippen molar-refractivity contribution in [2.75, 3.05) is 79.1 Å². The molecule has 3 atom stereocenters. The Balaban J connectivity index is 0.823. The number of fused-ring (bicyclic) bond motifs is 1. The highest BCUT2D eigenvalue weighted by atomic mass is 16.5. The van der Waals surface area contributed by atoms with E-state index in [4.69, 9.17) is 14.8 Å². The van der Waals surface area contributed by atoms with Gasteiger partial charge in [-0.15, -0.1) is 5.10 Å². The molecule has 4 aliphatic rings. The summed E-state index contributed by atoms with van der Waals surface area (Å²) in [5.41, 5.74) is 9.82. The summed E-state index contributed by atoms with van der Waals surface area (Å²) in [7, 11) is 5.06. The van der Waals surface area contributed by atoms with Gasteiger partial charge >= 0.3 is 17.7 Å². The van der Waals surface area contributed by atoms with Crippen LogP contribution in [0.2, 0.25) is 0 Å². The second kappa shape index (κ2) is 19.0. The molecule has 1 N–H and O–H groups in total. The predicted molar refractivity (Wildman–Crippen MR) is 277 cm³/mol. The molecule has 0 radical (unpaired) electrons. The number of nitrogens with zero attached hydrogens (tertiary/aromatic N) is 12. The molecule has 0 bridgehead atoms. The quantitative estimate of drug-likeness (QED) is 0.147. The minimum absolute atomic E-state index is 0.142. The molecule has 18 heteroatoms. The van der Waals surface area contributed by atoms with Gasteiger partial charge in [0.2, 0.25) is 11.8 Å². The van der Waals surface area contributed by atoms with Gasteiger partial charge in [-0.25, -0.2) is 23.8 Å². The van der Waals surface area contributed by atoms with Crippen molar-refractivity contribution in [2.45, 2.75) is 51.5 Å². The topological polar surface area (TPSA) is 172 Å². The Morgan fingerprint density at radius 1 is 0.736 bits per heavy atom. The molecule has 7 aromatic rings. The van der Waals surface area contributed by atoms with E-state index < -0.39 is 5.92 Å². The number of piperidine rings is 2. The fraction of sp³-hybridized carbons (Fsp3) is 0.370. The van der Waals surface area contributed by atoms with Crippen molar-refractivity contribution in [1.29, 1.82) is 0 Å². The molecule has 3 aromatic carbocycles. The summed E-state index contributed by atoms with van der Waals surface area (Å²) in [4.78, 5) is 72.3. The number of imide groups is 1. The number of aromatic nitrogens is 7. The zero-order chi connectivity index (χ0) is 49.8. The lowest BCUT2D eigenvalue weighted by Gasteiger charge is -2.46. The monoisotopic (exact) mass is 969 g/mol. The highest BCUT2D eigenvalue weighted by molar-refractivity contribution is 6.07. The van der Waals surface area contributed by atoms with Crippen molar-refractivity contribution >= 4 is 51.6 Å². The average Bonchev–Trinajstić information content (AvgIpc) is 4.06. The highest BCUT2D eigenvalue weighted by Gasteiger charge is 2.36. The Hall–Kier alpha value is -7.86. The maximum Gasteiger partial charge on any atom is 0.353 e. The number of rotatable bonds is 11. The molecule has 72 heavy (non-hydrogen) atoms. The minimum Gasteiger partial charge on any atom is -0.467 e. The Morgan fingerprint density at radius 2 is 1.53 bits per heavy atom. The SMILES string of the molecule is CCc1c(-c2ccc(-n3c(OC)nn(C)c3=O)cc2-c2ccc(N3CC[C@H](N4CCN(c5cccc6c(C7CCC(=O)NC7=O)nn(C)c56)CC4)[C@H](C)C3)cc2)ccnc1N1CCN(c2cccnc2)C1=O. The first kappa shape index (κ1) is 46.5. The first-order valence-electron chi connectivity index (χ1n) is 25.0. The number of urea groups is 1. The third-order valence-corrected chi connectivity index (χ3v) is 15.2. The van der Waals surface area contributed by atoms with E-state index in [0.717, 1.165) is 107 Å². The van der Waals surface area contributed by atoms with Crippen LogP contribution >= 0.6 is 0 Å². The van der Waals surface area contributed by atoms with E-state index in [0.29, 0.717) is 55.8 Å². The number of methoxy groups -OCH3 is 1. The largest absolute Gasteiger partial charge is 0.467 e. The molecule has 18 nitrogen and oxygen atoms in total. The molecular formula is C54H59N13O5. The number of amides is 4. The van der Waals surface area contributed by atoms with Gasteiger partial charge < -0.3 is 14.5 Å². The number of ether oxygens (including phenoxy) is 1. The lowest BCUT2D eigenvalue weighted by atomic mass is 9.90. The molecule has 4 amide bonds. The Labute approximate surface area is 417 Å². The van der Waals surface area contributed by atoms with Crippen LogP contribution in [0.15, 0.2) is 102 Å². The lowest BCUT2D eigenvalue weighted by molar-refractivity contribution is -0.134. The van der Waals surface area contributed by atoms with Gasteiger partial charge in [0.15, 0.2) is 0 Å². The van der Waals surface area contributed by atoms with E-state index in [-0.39, 0.29) is 29.5 Å². The number of hydrogen-bond donors (Lipinski definition) is 1. The van der Waals surface area contributed by atoms with Gasteiger partial charge in [0.25, 0.3) is 0 Å². The molecule has 4 saturated heterocycles. The van der Waals surface area contributed by atoms with Gasteiger partial charge in [-0.05, 0) is 96.0 Å². The predicted octanol–water partition coefficient (Wildman–Crippen LogP) is 6.16. The van der Waals surface area contributed by atoms with Crippen LogP contribution in [-0.2, 0) is 30.1 Å². The molecule has 4 aliphatic heterocycles. The van der Waals surface area contributed by atoms with Crippen LogP contribution < -0.4 is 35.3 Å². The van der Waals surface area contributed by atoms with Crippen molar-refractivity contribution in [2.24, 2.45) is 20.0 Å². The molecule has 4 aromatic heterocycles.